The number of aryl methyl sites for hydroxylation is 1. The molecule has 2 aromatic heterocycles. The fourth-order valence-corrected chi connectivity index (χ4v) is 3.99. The minimum Gasteiger partial charge on any atom is -0.465 e. The van der Waals surface area contributed by atoms with Crippen molar-refractivity contribution in [3.8, 4) is 11.4 Å². The van der Waals surface area contributed by atoms with E-state index in [0.717, 1.165) is 0 Å². The number of H-pyrrole nitrogens is 1. The normalized spacial score (nSPS) is 12.1. The maximum Gasteiger partial charge on any atom is 0.339 e. The van der Waals surface area contributed by atoms with Gasteiger partial charge in [-0.05, 0) is 38.5 Å². The van der Waals surface area contributed by atoms with Crippen LogP contribution in [0.15, 0.2) is 29.4 Å². The quantitative estimate of drug-likeness (QED) is 0.374. The first-order valence-electron chi connectivity index (χ1n) is 8.88. The van der Waals surface area contributed by atoms with Gasteiger partial charge in [0, 0.05) is 12.7 Å². The predicted octanol–water partition coefficient (Wildman–Crippen LogP) is 3.72. The van der Waals surface area contributed by atoms with E-state index in [1.807, 2.05) is 0 Å². The molecule has 0 amide bonds. The zero-order chi connectivity index (χ0) is 21.3. The number of thioether (sulfide) groups is 1. The molecule has 0 aliphatic carbocycles. The van der Waals surface area contributed by atoms with E-state index in [-0.39, 0.29) is 5.78 Å². The molecule has 9 heteroatoms. The van der Waals surface area contributed by atoms with Gasteiger partial charge in [0.2, 0.25) is 0 Å². The van der Waals surface area contributed by atoms with Gasteiger partial charge in [-0.2, -0.15) is 0 Å². The third-order valence-corrected chi connectivity index (χ3v) is 5.81. The first-order chi connectivity index (χ1) is 13.8. The van der Waals surface area contributed by atoms with E-state index >= 15 is 0 Å². The second-order valence-corrected chi connectivity index (χ2v) is 7.89. The number of aromatic nitrogens is 4. The Morgan fingerprint density at radius 2 is 1.93 bits per heavy atom. The molecule has 0 saturated carbocycles. The van der Waals surface area contributed by atoms with Gasteiger partial charge in [-0.3, -0.25) is 4.79 Å². The number of aromatic amines is 1. The molecule has 152 valence electrons. The molecule has 2 heterocycles. The Hall–Kier alpha value is -2.94. The summed E-state index contributed by atoms with van der Waals surface area (Å²) in [5.74, 6) is -0.679. The van der Waals surface area contributed by atoms with Crippen molar-refractivity contribution in [3.63, 3.8) is 0 Å². The van der Waals surface area contributed by atoms with Gasteiger partial charge in [-0.15, -0.1) is 10.2 Å². The lowest BCUT2D eigenvalue weighted by Crippen LogP contribution is -2.16. The molecule has 3 rings (SSSR count). The number of esters is 1. The zero-order valence-corrected chi connectivity index (χ0v) is 17.6. The van der Waals surface area contributed by atoms with Crippen molar-refractivity contribution in [2.45, 2.75) is 31.2 Å². The van der Waals surface area contributed by atoms with Crippen molar-refractivity contribution < 1.29 is 18.7 Å². The van der Waals surface area contributed by atoms with Gasteiger partial charge in [0.25, 0.3) is 0 Å². The summed E-state index contributed by atoms with van der Waals surface area (Å²) in [5.41, 5.74) is 2.20. The Bertz CT molecular complexity index is 1090. The summed E-state index contributed by atoms with van der Waals surface area (Å²) < 4.78 is 20.5. The molecule has 0 aliphatic heterocycles. The van der Waals surface area contributed by atoms with Crippen LogP contribution in [-0.4, -0.2) is 43.9 Å². The Kier molecular flexibility index (Phi) is 5.88. The third-order valence-electron chi connectivity index (χ3n) is 4.67. The van der Waals surface area contributed by atoms with Crippen LogP contribution in [0.25, 0.3) is 11.4 Å². The molecular formula is C20H21FN4O3S. The molecule has 0 saturated heterocycles. The van der Waals surface area contributed by atoms with Crippen LogP contribution in [0.4, 0.5) is 4.39 Å². The van der Waals surface area contributed by atoms with Gasteiger partial charge in [0.15, 0.2) is 16.8 Å². The average molecular weight is 416 g/mol. The van der Waals surface area contributed by atoms with E-state index in [9.17, 15) is 14.0 Å². The van der Waals surface area contributed by atoms with Gasteiger partial charge in [-0.25, -0.2) is 9.18 Å². The zero-order valence-electron chi connectivity index (χ0n) is 16.7. The van der Waals surface area contributed by atoms with Crippen LogP contribution in [0, 0.1) is 19.7 Å². The SMILES string of the molecule is COC(=O)c1c(C)[nH]c(C(=O)C(C)Sc2nnc(-c3ccccc3F)n2C)c1C. The van der Waals surface area contributed by atoms with Gasteiger partial charge >= 0.3 is 5.97 Å². The van der Waals surface area contributed by atoms with Gasteiger partial charge in [0.1, 0.15) is 5.82 Å². The number of ether oxygens (including phenoxy) is 1. The maximum atomic E-state index is 14.1. The van der Waals surface area contributed by atoms with Gasteiger partial charge < -0.3 is 14.3 Å². The predicted molar refractivity (Wildman–Crippen MR) is 108 cm³/mol. The van der Waals surface area contributed by atoms with Crippen LogP contribution in [0.5, 0.6) is 0 Å². The number of ketones is 1. The molecule has 0 radical (unpaired) electrons. The summed E-state index contributed by atoms with van der Waals surface area (Å²) in [5, 5.41) is 8.16. The lowest BCUT2D eigenvalue weighted by Gasteiger charge is -2.10. The lowest BCUT2D eigenvalue weighted by molar-refractivity contribution is 0.0599. The summed E-state index contributed by atoms with van der Waals surface area (Å²) in [7, 11) is 3.02. The summed E-state index contributed by atoms with van der Waals surface area (Å²) in [4.78, 5) is 27.9. The van der Waals surface area contributed by atoms with Crippen LogP contribution in [-0.2, 0) is 11.8 Å². The summed E-state index contributed by atoms with van der Waals surface area (Å²) in [6.07, 6.45) is 0. The van der Waals surface area contributed by atoms with E-state index in [0.29, 0.717) is 39.1 Å². The third kappa shape index (κ3) is 3.82. The minimum atomic E-state index is -0.506. The minimum absolute atomic E-state index is 0.179. The Balaban J connectivity index is 1.85. The molecule has 1 N–H and O–H groups in total. The first kappa shape index (κ1) is 20.8. The number of Topliss-reactive ketones (excluding diaryl/α,β-unsaturated/α-hetero) is 1. The molecule has 29 heavy (non-hydrogen) atoms. The van der Waals surface area contributed by atoms with Crippen molar-refractivity contribution in [2.24, 2.45) is 7.05 Å². The smallest absolute Gasteiger partial charge is 0.339 e. The highest BCUT2D eigenvalue weighted by Gasteiger charge is 2.27. The number of rotatable bonds is 6. The molecule has 0 fully saturated rings. The highest BCUT2D eigenvalue weighted by molar-refractivity contribution is 8.00. The molecule has 1 atom stereocenters. The standard InChI is InChI=1S/C20H21FN4O3S/c1-10-15(19(27)28-5)11(2)22-16(10)17(26)12(3)29-20-24-23-18(25(20)4)13-8-6-7-9-14(13)21/h6-9,12,22H,1-5H3. The highest BCUT2D eigenvalue weighted by Crippen LogP contribution is 2.29. The number of benzene rings is 1. The molecular weight excluding hydrogens is 395 g/mol. The van der Waals surface area contributed by atoms with Crippen molar-refractivity contribution in [1.29, 1.82) is 0 Å². The first-order valence-corrected chi connectivity index (χ1v) is 9.76. The molecule has 0 bridgehead atoms. The number of halogens is 1. The van der Waals surface area contributed by atoms with Crippen LogP contribution < -0.4 is 0 Å². The number of nitrogens with one attached hydrogen (secondary N) is 1. The van der Waals surface area contributed by atoms with E-state index in [1.54, 1.807) is 50.6 Å². The molecule has 0 spiro atoms. The van der Waals surface area contributed by atoms with Crippen LogP contribution in [0.3, 0.4) is 0 Å². The van der Waals surface area contributed by atoms with E-state index < -0.39 is 17.0 Å². The van der Waals surface area contributed by atoms with Crippen LogP contribution in [0.1, 0.15) is 39.0 Å². The van der Waals surface area contributed by atoms with E-state index in [4.69, 9.17) is 4.74 Å². The number of carbonyl (C=O) groups is 2. The second-order valence-electron chi connectivity index (χ2n) is 6.59. The van der Waals surface area contributed by atoms with Crippen molar-refractivity contribution in [2.75, 3.05) is 7.11 Å². The van der Waals surface area contributed by atoms with Crippen molar-refractivity contribution in [3.05, 3.63) is 52.6 Å². The summed E-state index contributed by atoms with van der Waals surface area (Å²) in [6, 6.07) is 6.32. The van der Waals surface area contributed by atoms with Gasteiger partial charge in [-0.1, -0.05) is 23.9 Å². The van der Waals surface area contributed by atoms with E-state index in [2.05, 4.69) is 15.2 Å². The lowest BCUT2D eigenvalue weighted by atomic mass is 10.1. The summed E-state index contributed by atoms with van der Waals surface area (Å²) >= 11 is 1.21. The van der Waals surface area contributed by atoms with Crippen molar-refractivity contribution in [1.82, 2.24) is 19.7 Å². The number of nitrogens with zero attached hydrogens (tertiary/aromatic N) is 3. The van der Waals surface area contributed by atoms with Gasteiger partial charge in [0.05, 0.1) is 29.2 Å². The molecule has 3 aromatic rings. The molecule has 0 aliphatic rings. The largest absolute Gasteiger partial charge is 0.465 e. The molecule has 7 nitrogen and oxygen atoms in total. The Labute approximate surface area is 171 Å². The van der Waals surface area contributed by atoms with E-state index in [1.165, 1.54) is 24.9 Å². The Morgan fingerprint density at radius 3 is 2.59 bits per heavy atom. The molecule has 1 aromatic carbocycles. The topological polar surface area (TPSA) is 89.9 Å². The number of hydrogen-bond acceptors (Lipinski definition) is 6. The fourth-order valence-electron chi connectivity index (χ4n) is 3.11. The fraction of sp³-hybridized carbons (Fsp3) is 0.300. The maximum absolute atomic E-state index is 14.1. The van der Waals surface area contributed by atoms with Crippen LogP contribution >= 0.6 is 11.8 Å². The number of hydrogen-bond donors (Lipinski definition) is 1. The number of methoxy groups -OCH3 is 1. The Morgan fingerprint density at radius 1 is 1.24 bits per heavy atom. The monoisotopic (exact) mass is 416 g/mol. The second kappa shape index (κ2) is 8.20. The summed E-state index contributed by atoms with van der Waals surface area (Å²) in [6.45, 7) is 5.17. The number of carbonyl (C=O) groups excluding carboxylic acids is 2. The highest BCUT2D eigenvalue weighted by atomic mass is 32.2. The van der Waals surface area contributed by atoms with Crippen molar-refractivity contribution >= 4 is 23.5 Å². The molecule has 1 unspecified atom stereocenters. The van der Waals surface area contributed by atoms with Crippen LogP contribution in [0.2, 0.25) is 0 Å². The average Bonchev–Trinajstić information content (AvgIpc) is 3.20.